The summed E-state index contributed by atoms with van der Waals surface area (Å²) in [6, 6.07) is 32.0. The minimum Gasteiger partial charge on any atom is -0.456 e. The van der Waals surface area contributed by atoms with Gasteiger partial charge in [0.15, 0.2) is 18.3 Å². The van der Waals surface area contributed by atoms with E-state index in [4.69, 9.17) is 23.7 Å². The first kappa shape index (κ1) is 30.1. The Hall–Kier alpha value is -5.32. The number of hydrogen-bond acceptors (Lipinski definition) is 10. The molecule has 10 heteroatoms. The van der Waals surface area contributed by atoms with Gasteiger partial charge >= 0.3 is 23.9 Å². The fourth-order valence-electron chi connectivity index (χ4n) is 4.51. The predicted octanol–water partition coefficient (Wildman–Crippen LogP) is 4.24. The van der Waals surface area contributed by atoms with Crippen LogP contribution in [0.1, 0.15) is 41.4 Å². The van der Waals surface area contributed by atoms with Crippen LogP contribution in [0.2, 0.25) is 0 Å². The van der Waals surface area contributed by atoms with Crippen LogP contribution in [0, 0.1) is 0 Å². The van der Waals surface area contributed by atoms with Gasteiger partial charge in [-0.15, -0.1) is 0 Å². The summed E-state index contributed by atoms with van der Waals surface area (Å²) < 4.78 is 28.3. The third kappa shape index (κ3) is 7.17. The van der Waals surface area contributed by atoms with Crippen LogP contribution < -0.4 is 0 Å². The van der Waals surface area contributed by atoms with Gasteiger partial charge in [-0.1, -0.05) is 72.8 Å². The van der Waals surface area contributed by atoms with Crippen LogP contribution in [0.15, 0.2) is 121 Å². The molecule has 224 valence electrons. The summed E-state index contributed by atoms with van der Waals surface area (Å²) in [5.74, 6) is -5.81. The SMILES string of the molecule is O=C(OC[C@@]1(O)OC[C@H](OC(=O)c2ccccc2)[C@@H](OC(=O)c2ccccc2)[C@@H]1OC(=O)c1ccccc1)c1ccccc1. The zero-order valence-electron chi connectivity index (χ0n) is 23.3. The van der Waals surface area contributed by atoms with Crippen LogP contribution in [-0.4, -0.2) is 66.3 Å². The van der Waals surface area contributed by atoms with Crippen LogP contribution in [0.4, 0.5) is 0 Å². The van der Waals surface area contributed by atoms with Crippen molar-refractivity contribution in [3.05, 3.63) is 144 Å². The Bertz CT molecular complexity index is 1580. The number of aliphatic hydroxyl groups is 1. The standard InChI is InChI=1S/C34H28O10/c35-30(23-13-5-1-6-14-23)40-22-34(39)29(44-33(38)26-19-11-4-12-20-26)28(43-32(37)25-17-9-3-10-18-25)27(21-41-34)42-31(36)24-15-7-2-8-16-24/h1-20,27-29,39H,21-22H2/t27-,28+,29-,34+/m0/s1. The lowest BCUT2D eigenvalue weighted by Crippen LogP contribution is -2.66. The second kappa shape index (κ2) is 13.8. The van der Waals surface area contributed by atoms with Crippen molar-refractivity contribution in [3.63, 3.8) is 0 Å². The molecular weight excluding hydrogens is 568 g/mol. The molecule has 0 bridgehead atoms. The second-order valence-corrected chi connectivity index (χ2v) is 9.84. The summed E-state index contributed by atoms with van der Waals surface area (Å²) in [5.41, 5.74) is 0.675. The molecule has 0 aromatic heterocycles. The van der Waals surface area contributed by atoms with Crippen molar-refractivity contribution < 1.29 is 48.0 Å². The Labute approximate surface area is 252 Å². The molecule has 0 aliphatic carbocycles. The lowest BCUT2D eigenvalue weighted by Gasteiger charge is -2.45. The van der Waals surface area contributed by atoms with Crippen molar-refractivity contribution in [1.82, 2.24) is 0 Å². The third-order valence-electron chi connectivity index (χ3n) is 6.79. The topological polar surface area (TPSA) is 135 Å². The molecule has 1 aliphatic heterocycles. The van der Waals surface area contributed by atoms with E-state index in [-0.39, 0.29) is 22.3 Å². The van der Waals surface area contributed by atoms with Gasteiger partial charge in [0.1, 0.15) is 6.61 Å². The first-order valence-corrected chi connectivity index (χ1v) is 13.7. The molecule has 4 atom stereocenters. The summed E-state index contributed by atoms with van der Waals surface area (Å²) in [7, 11) is 0. The van der Waals surface area contributed by atoms with Gasteiger partial charge in [-0.05, 0) is 48.5 Å². The van der Waals surface area contributed by atoms with Crippen molar-refractivity contribution in [2.75, 3.05) is 13.2 Å². The van der Waals surface area contributed by atoms with E-state index >= 15 is 0 Å². The van der Waals surface area contributed by atoms with E-state index in [1.807, 2.05) is 0 Å². The number of hydrogen-bond donors (Lipinski definition) is 1. The van der Waals surface area contributed by atoms with E-state index in [0.29, 0.717) is 0 Å². The highest BCUT2D eigenvalue weighted by atomic mass is 16.7. The Morgan fingerprint density at radius 3 is 1.43 bits per heavy atom. The van der Waals surface area contributed by atoms with Crippen LogP contribution in [0.5, 0.6) is 0 Å². The van der Waals surface area contributed by atoms with Crippen LogP contribution in [-0.2, 0) is 23.7 Å². The molecule has 5 rings (SSSR count). The molecule has 44 heavy (non-hydrogen) atoms. The van der Waals surface area contributed by atoms with Crippen molar-refractivity contribution >= 4 is 23.9 Å². The maximum absolute atomic E-state index is 13.3. The van der Waals surface area contributed by atoms with Gasteiger partial charge in [-0.3, -0.25) is 0 Å². The normalized spacial score (nSPS) is 21.0. The molecule has 0 amide bonds. The quantitative estimate of drug-likeness (QED) is 0.221. The number of esters is 4. The molecule has 4 aromatic carbocycles. The summed E-state index contributed by atoms with van der Waals surface area (Å²) in [6.45, 7) is -1.31. The molecule has 0 unspecified atom stereocenters. The van der Waals surface area contributed by atoms with Crippen molar-refractivity contribution in [2.24, 2.45) is 0 Å². The van der Waals surface area contributed by atoms with E-state index < -0.39 is 61.2 Å². The Morgan fingerprint density at radius 2 is 0.977 bits per heavy atom. The molecule has 1 saturated heterocycles. The third-order valence-corrected chi connectivity index (χ3v) is 6.79. The highest BCUT2D eigenvalue weighted by molar-refractivity contribution is 5.91. The van der Waals surface area contributed by atoms with Crippen molar-refractivity contribution in [1.29, 1.82) is 0 Å². The Morgan fingerprint density at radius 1 is 0.591 bits per heavy atom. The molecule has 1 N–H and O–H groups in total. The first-order chi connectivity index (χ1) is 21.3. The van der Waals surface area contributed by atoms with E-state index in [1.165, 1.54) is 48.5 Å². The van der Waals surface area contributed by atoms with Gasteiger partial charge in [0, 0.05) is 0 Å². The maximum atomic E-state index is 13.3. The lowest BCUT2D eigenvalue weighted by molar-refractivity contribution is -0.327. The molecule has 1 heterocycles. The number of carbonyl (C=O) groups excluding carboxylic acids is 4. The van der Waals surface area contributed by atoms with Crippen LogP contribution in [0.3, 0.4) is 0 Å². The largest absolute Gasteiger partial charge is 0.456 e. The highest BCUT2D eigenvalue weighted by Gasteiger charge is 2.57. The monoisotopic (exact) mass is 596 g/mol. The zero-order valence-corrected chi connectivity index (χ0v) is 23.3. The predicted molar refractivity (Wildman–Crippen MR) is 155 cm³/mol. The number of carbonyl (C=O) groups is 4. The summed E-state index contributed by atoms with van der Waals surface area (Å²) in [4.78, 5) is 52.3. The lowest BCUT2D eigenvalue weighted by atomic mass is 9.96. The average molecular weight is 597 g/mol. The molecule has 1 fully saturated rings. The van der Waals surface area contributed by atoms with Crippen LogP contribution >= 0.6 is 0 Å². The molecule has 0 saturated carbocycles. The molecule has 0 spiro atoms. The van der Waals surface area contributed by atoms with Gasteiger partial charge in [0.2, 0.25) is 5.79 Å². The molecule has 10 nitrogen and oxygen atoms in total. The van der Waals surface area contributed by atoms with Gasteiger partial charge < -0.3 is 28.8 Å². The van der Waals surface area contributed by atoms with Gasteiger partial charge in [0.05, 0.1) is 28.9 Å². The summed E-state index contributed by atoms with van der Waals surface area (Å²) in [6.07, 6.45) is -4.74. The van der Waals surface area contributed by atoms with E-state index in [1.54, 1.807) is 72.8 Å². The number of rotatable bonds is 9. The van der Waals surface area contributed by atoms with Gasteiger partial charge in [0.25, 0.3) is 0 Å². The zero-order chi connectivity index (χ0) is 30.9. The molecule has 0 radical (unpaired) electrons. The second-order valence-electron chi connectivity index (χ2n) is 9.84. The number of ether oxygens (including phenoxy) is 5. The molecule has 1 aliphatic rings. The fourth-order valence-corrected chi connectivity index (χ4v) is 4.51. The summed E-state index contributed by atoms with van der Waals surface area (Å²) in [5, 5.41) is 11.7. The van der Waals surface area contributed by atoms with Gasteiger partial charge in [-0.2, -0.15) is 0 Å². The first-order valence-electron chi connectivity index (χ1n) is 13.7. The molecule has 4 aromatic rings. The van der Waals surface area contributed by atoms with Crippen molar-refractivity contribution in [2.45, 2.75) is 24.1 Å². The average Bonchev–Trinajstić information content (AvgIpc) is 3.08. The van der Waals surface area contributed by atoms with E-state index in [0.717, 1.165) is 0 Å². The number of benzene rings is 4. The Kier molecular flexibility index (Phi) is 9.43. The molecular formula is C34H28O10. The van der Waals surface area contributed by atoms with Gasteiger partial charge in [-0.25, -0.2) is 19.2 Å². The minimum atomic E-state index is -2.51. The Balaban J connectivity index is 1.48. The van der Waals surface area contributed by atoms with Crippen molar-refractivity contribution in [3.8, 4) is 0 Å². The van der Waals surface area contributed by atoms with E-state index in [2.05, 4.69) is 0 Å². The fraction of sp³-hybridized carbons (Fsp3) is 0.176. The van der Waals surface area contributed by atoms with E-state index in [9.17, 15) is 24.3 Å². The van der Waals surface area contributed by atoms with Crippen LogP contribution in [0.25, 0.3) is 0 Å². The highest BCUT2D eigenvalue weighted by Crippen LogP contribution is 2.33. The minimum absolute atomic E-state index is 0.118. The maximum Gasteiger partial charge on any atom is 0.338 e. The smallest absolute Gasteiger partial charge is 0.338 e. The summed E-state index contributed by atoms with van der Waals surface area (Å²) >= 11 is 0.